The van der Waals surface area contributed by atoms with Gasteiger partial charge in [-0.3, -0.25) is 9.78 Å². The molecule has 4 heterocycles. The molecule has 0 spiro atoms. The number of nitrogens with two attached hydrogens (primary N) is 1. The highest BCUT2D eigenvalue weighted by Crippen LogP contribution is 2.40. The Hall–Kier alpha value is -3.85. The van der Waals surface area contributed by atoms with Gasteiger partial charge in [0.1, 0.15) is 11.2 Å². The molecule has 1 aliphatic heterocycles. The highest BCUT2D eigenvalue weighted by atomic mass is 19.2. The number of ether oxygens (including phenoxy) is 1. The predicted octanol–water partition coefficient (Wildman–Crippen LogP) is 4.96. The van der Waals surface area contributed by atoms with Gasteiger partial charge in [0.15, 0.2) is 17.9 Å². The molecule has 6 rings (SSSR count). The lowest BCUT2D eigenvalue weighted by molar-refractivity contribution is -0.0369. The van der Waals surface area contributed by atoms with Crippen molar-refractivity contribution < 1.29 is 13.5 Å². The summed E-state index contributed by atoms with van der Waals surface area (Å²) in [4.78, 5) is 20.2. The molecule has 0 bridgehead atoms. The fraction of sp³-hybridized carbons (Fsp3) is 0.240. The van der Waals surface area contributed by atoms with E-state index in [0.29, 0.717) is 40.4 Å². The average molecular weight is 461 g/mol. The van der Waals surface area contributed by atoms with Gasteiger partial charge in [-0.25, -0.2) is 13.5 Å². The lowest BCUT2D eigenvalue weighted by Gasteiger charge is -2.23. The number of aromatic nitrogens is 4. The van der Waals surface area contributed by atoms with Gasteiger partial charge >= 0.3 is 0 Å². The van der Waals surface area contributed by atoms with Gasteiger partial charge < -0.3 is 15.5 Å². The van der Waals surface area contributed by atoms with Crippen molar-refractivity contribution in [2.24, 2.45) is 0 Å². The van der Waals surface area contributed by atoms with Gasteiger partial charge in [0.25, 0.3) is 5.56 Å². The largest absolute Gasteiger partial charge is 0.394 e. The van der Waals surface area contributed by atoms with Gasteiger partial charge in [-0.05, 0) is 61.6 Å². The number of rotatable bonds is 2. The van der Waals surface area contributed by atoms with Crippen LogP contribution in [0, 0.1) is 18.6 Å². The van der Waals surface area contributed by atoms with Gasteiger partial charge in [-0.15, -0.1) is 0 Å². The Balaban J connectivity index is 1.73. The maximum atomic E-state index is 15.1. The number of hydrogen-bond acceptors (Lipinski definition) is 5. The highest BCUT2D eigenvalue weighted by molar-refractivity contribution is 6.14. The minimum atomic E-state index is -1.05. The minimum absolute atomic E-state index is 0.00564. The smallest absolute Gasteiger partial charge is 0.272 e. The number of pyridine rings is 2. The van der Waals surface area contributed by atoms with Crippen LogP contribution >= 0.6 is 0 Å². The third-order valence-electron chi connectivity index (χ3n) is 6.57. The third kappa shape index (κ3) is 2.93. The molecule has 34 heavy (non-hydrogen) atoms. The Morgan fingerprint density at radius 1 is 1.21 bits per heavy atom. The quantitative estimate of drug-likeness (QED) is 0.362. The summed E-state index contributed by atoms with van der Waals surface area (Å²) in [7, 11) is 0. The Morgan fingerprint density at radius 3 is 2.85 bits per heavy atom. The number of hydrogen-bond donors (Lipinski definition) is 2. The third-order valence-corrected chi connectivity index (χ3v) is 6.57. The Labute approximate surface area is 192 Å². The van der Waals surface area contributed by atoms with Crippen molar-refractivity contribution in [2.75, 3.05) is 12.3 Å². The topological polar surface area (TPSA) is 98.8 Å². The Bertz CT molecular complexity index is 1670. The van der Waals surface area contributed by atoms with E-state index in [1.807, 2.05) is 19.1 Å². The molecular formula is C25H21F2N5O2. The van der Waals surface area contributed by atoms with Crippen molar-refractivity contribution in [2.45, 2.75) is 32.4 Å². The van der Waals surface area contributed by atoms with Gasteiger partial charge in [-0.2, -0.15) is 5.10 Å². The van der Waals surface area contributed by atoms with Crippen molar-refractivity contribution in [3.05, 3.63) is 64.2 Å². The summed E-state index contributed by atoms with van der Waals surface area (Å²) >= 11 is 0. The molecule has 3 N–H and O–H groups in total. The fourth-order valence-electron chi connectivity index (χ4n) is 4.99. The zero-order valence-electron chi connectivity index (χ0n) is 18.4. The fourth-order valence-corrected chi connectivity index (χ4v) is 4.99. The van der Waals surface area contributed by atoms with E-state index in [-0.39, 0.29) is 11.2 Å². The SMILES string of the molecule is Cc1cc2c(-c3cc(F)c(F)c4c3cnn4C3CCCCO3)c(N)c(=O)[nH]c2c2cccnc12. The summed E-state index contributed by atoms with van der Waals surface area (Å²) in [6.07, 6.45) is 5.14. The van der Waals surface area contributed by atoms with Crippen LogP contribution < -0.4 is 11.3 Å². The van der Waals surface area contributed by atoms with Gasteiger partial charge in [0, 0.05) is 34.5 Å². The molecule has 1 atom stereocenters. The van der Waals surface area contributed by atoms with Gasteiger partial charge in [-0.1, -0.05) is 0 Å². The number of fused-ring (bicyclic) bond motifs is 4. The number of benzene rings is 2. The number of aryl methyl sites for hydroxylation is 1. The lowest BCUT2D eigenvalue weighted by atomic mass is 9.94. The van der Waals surface area contributed by atoms with Crippen LogP contribution in [0.3, 0.4) is 0 Å². The van der Waals surface area contributed by atoms with Crippen LogP contribution in [0.2, 0.25) is 0 Å². The summed E-state index contributed by atoms with van der Waals surface area (Å²) in [5.74, 6) is -2.06. The van der Waals surface area contributed by atoms with Gasteiger partial charge in [0.05, 0.1) is 17.2 Å². The number of nitrogens with zero attached hydrogens (tertiary/aromatic N) is 3. The van der Waals surface area contributed by atoms with Crippen molar-refractivity contribution in [3.63, 3.8) is 0 Å². The number of nitrogens with one attached hydrogen (secondary N) is 1. The van der Waals surface area contributed by atoms with E-state index in [1.165, 1.54) is 10.9 Å². The molecule has 1 saturated heterocycles. The van der Waals surface area contributed by atoms with E-state index in [1.54, 1.807) is 12.3 Å². The zero-order chi connectivity index (χ0) is 23.6. The molecule has 0 saturated carbocycles. The number of H-pyrrole nitrogens is 1. The van der Waals surface area contributed by atoms with Crippen LogP contribution in [0.4, 0.5) is 14.5 Å². The minimum Gasteiger partial charge on any atom is -0.394 e. The summed E-state index contributed by atoms with van der Waals surface area (Å²) in [5.41, 5.74) is 8.44. The summed E-state index contributed by atoms with van der Waals surface area (Å²) in [5, 5.41) is 6.06. The van der Waals surface area contributed by atoms with Crippen LogP contribution in [-0.2, 0) is 4.74 Å². The van der Waals surface area contributed by atoms with Crippen molar-refractivity contribution >= 4 is 38.4 Å². The van der Waals surface area contributed by atoms with Crippen LogP contribution in [0.25, 0.3) is 43.8 Å². The molecule has 1 fully saturated rings. The molecule has 2 aromatic carbocycles. The number of aromatic amines is 1. The molecule has 172 valence electrons. The maximum absolute atomic E-state index is 15.1. The van der Waals surface area contributed by atoms with Crippen LogP contribution in [0.1, 0.15) is 31.1 Å². The Morgan fingerprint density at radius 2 is 2.06 bits per heavy atom. The van der Waals surface area contributed by atoms with Crippen LogP contribution in [0.5, 0.6) is 0 Å². The maximum Gasteiger partial charge on any atom is 0.272 e. The first-order valence-electron chi connectivity index (χ1n) is 11.1. The van der Waals surface area contributed by atoms with E-state index in [0.717, 1.165) is 35.4 Å². The first-order chi connectivity index (χ1) is 16.5. The molecule has 0 aliphatic carbocycles. The van der Waals surface area contributed by atoms with Gasteiger partial charge in [0.2, 0.25) is 0 Å². The van der Waals surface area contributed by atoms with E-state index in [2.05, 4.69) is 15.1 Å². The molecule has 1 unspecified atom stereocenters. The second-order valence-electron chi connectivity index (χ2n) is 8.65. The molecule has 1 aliphatic rings. The van der Waals surface area contributed by atoms with E-state index in [4.69, 9.17) is 10.5 Å². The number of anilines is 1. The zero-order valence-corrected chi connectivity index (χ0v) is 18.4. The predicted molar refractivity (Wildman–Crippen MR) is 127 cm³/mol. The molecule has 9 heteroatoms. The molecule has 0 amide bonds. The van der Waals surface area contributed by atoms with Crippen molar-refractivity contribution in [1.82, 2.24) is 19.7 Å². The highest BCUT2D eigenvalue weighted by Gasteiger charge is 2.26. The normalized spacial score (nSPS) is 16.6. The first kappa shape index (κ1) is 20.7. The molecule has 0 radical (unpaired) electrons. The second kappa shape index (κ2) is 7.59. The van der Waals surface area contributed by atoms with Crippen LogP contribution in [0.15, 0.2) is 41.5 Å². The Kier molecular flexibility index (Phi) is 4.63. The average Bonchev–Trinajstić information content (AvgIpc) is 3.30. The van der Waals surface area contributed by atoms with Crippen LogP contribution in [-0.4, -0.2) is 26.4 Å². The van der Waals surface area contributed by atoms with E-state index in [9.17, 15) is 9.18 Å². The summed E-state index contributed by atoms with van der Waals surface area (Å²) < 4.78 is 37.3. The van der Waals surface area contributed by atoms with Crippen molar-refractivity contribution in [1.29, 1.82) is 0 Å². The molecule has 5 aromatic rings. The lowest BCUT2D eigenvalue weighted by Crippen LogP contribution is -2.19. The molecule has 3 aromatic heterocycles. The number of halogens is 2. The molecular weight excluding hydrogens is 440 g/mol. The first-order valence-corrected chi connectivity index (χ1v) is 11.1. The summed E-state index contributed by atoms with van der Waals surface area (Å²) in [6.45, 7) is 2.43. The second-order valence-corrected chi connectivity index (χ2v) is 8.65. The van der Waals surface area contributed by atoms with Crippen molar-refractivity contribution in [3.8, 4) is 11.1 Å². The summed E-state index contributed by atoms with van der Waals surface area (Å²) in [6, 6.07) is 6.57. The van der Waals surface area contributed by atoms with E-state index >= 15 is 4.39 Å². The standard InChI is InChI=1S/C25H21F2N5O2/c1-12-9-15-19(21(28)25(33)31-23(15)13-5-4-7-29-22(12)13)14-10-17(26)20(27)24-16(14)11-30-32(24)18-6-2-3-8-34-18/h4-5,7,9-11,18H,2-3,6,8,28H2,1H3,(H,31,33). The monoisotopic (exact) mass is 461 g/mol. The van der Waals surface area contributed by atoms with E-state index < -0.39 is 23.4 Å². The molecule has 7 nitrogen and oxygen atoms in total. The number of nitrogen functional groups attached to an aromatic ring is 1.